The first kappa shape index (κ1) is 28.6. The van der Waals surface area contributed by atoms with Crippen LogP contribution in [0.1, 0.15) is 31.8 Å². The summed E-state index contributed by atoms with van der Waals surface area (Å²) in [5.74, 6) is -0.409. The summed E-state index contributed by atoms with van der Waals surface area (Å²) >= 11 is 12.4. The van der Waals surface area contributed by atoms with Gasteiger partial charge in [-0.05, 0) is 85.7 Å². The van der Waals surface area contributed by atoms with Crippen molar-refractivity contribution in [2.45, 2.75) is 13.8 Å². The van der Waals surface area contributed by atoms with E-state index >= 15 is 0 Å². The summed E-state index contributed by atoms with van der Waals surface area (Å²) in [6, 6.07) is 17.4. The van der Waals surface area contributed by atoms with Crippen molar-refractivity contribution in [1.82, 2.24) is 9.97 Å². The Hall–Kier alpha value is -4.40. The highest BCUT2D eigenvalue weighted by atomic mass is 35.5. The minimum atomic E-state index is -0.556. The summed E-state index contributed by atoms with van der Waals surface area (Å²) in [4.78, 5) is 33.9. The molecule has 4 aromatic rings. The number of benzene rings is 2. The maximum atomic E-state index is 12.7. The van der Waals surface area contributed by atoms with Crippen LogP contribution in [0.15, 0.2) is 85.2 Å². The number of ether oxygens (including phenoxy) is 2. The van der Waals surface area contributed by atoms with E-state index in [1.165, 1.54) is 0 Å². The number of nitrogens with zero attached hydrogens (tertiary/aromatic N) is 2. The molecule has 0 fully saturated rings. The molecular formula is C30H26Cl2N4O4. The van der Waals surface area contributed by atoms with Crippen molar-refractivity contribution in [3.05, 3.63) is 118 Å². The van der Waals surface area contributed by atoms with Gasteiger partial charge < -0.3 is 20.1 Å². The number of nitrogens with one attached hydrogen (secondary N) is 2. The van der Waals surface area contributed by atoms with Crippen LogP contribution in [-0.4, -0.2) is 35.1 Å². The smallest absolute Gasteiger partial charge is 0.342 e. The SMILES string of the molecule is Cc1c(Cl)cccc1Nc1ncccc1C(=O)OC/C=C/COC(=O)c1cccnc1Nc1cccc(Cl)c1C. The lowest BCUT2D eigenvalue weighted by Gasteiger charge is -2.13. The van der Waals surface area contributed by atoms with Gasteiger partial charge in [-0.3, -0.25) is 0 Å². The molecule has 0 aliphatic rings. The molecule has 2 N–H and O–H groups in total. The van der Waals surface area contributed by atoms with E-state index in [1.54, 1.807) is 60.9 Å². The Balaban J connectivity index is 1.30. The zero-order chi connectivity index (χ0) is 28.5. The minimum Gasteiger partial charge on any atom is -0.458 e. The maximum Gasteiger partial charge on any atom is 0.342 e. The number of carbonyl (C=O) groups excluding carboxylic acids is 2. The van der Waals surface area contributed by atoms with Crippen LogP contribution in [-0.2, 0) is 9.47 Å². The fraction of sp³-hybridized carbons (Fsp3) is 0.133. The van der Waals surface area contributed by atoms with Crippen LogP contribution >= 0.6 is 23.2 Å². The number of anilines is 4. The second-order valence-corrected chi connectivity index (χ2v) is 9.36. The molecule has 0 radical (unpaired) electrons. The number of esters is 2. The number of aromatic nitrogens is 2. The summed E-state index contributed by atoms with van der Waals surface area (Å²) in [6.45, 7) is 3.70. The molecule has 204 valence electrons. The van der Waals surface area contributed by atoms with Gasteiger partial charge in [0.25, 0.3) is 0 Å². The van der Waals surface area contributed by atoms with Gasteiger partial charge in [0, 0.05) is 33.8 Å². The fourth-order valence-electron chi connectivity index (χ4n) is 3.62. The van der Waals surface area contributed by atoms with Crippen LogP contribution in [0.3, 0.4) is 0 Å². The van der Waals surface area contributed by atoms with E-state index in [-0.39, 0.29) is 24.3 Å². The summed E-state index contributed by atoms with van der Waals surface area (Å²) < 4.78 is 10.7. The fourth-order valence-corrected chi connectivity index (χ4v) is 3.97. The molecule has 8 nitrogen and oxygen atoms in total. The number of rotatable bonds is 10. The molecule has 0 aliphatic heterocycles. The zero-order valence-corrected chi connectivity index (χ0v) is 23.3. The van der Waals surface area contributed by atoms with Crippen molar-refractivity contribution in [3.63, 3.8) is 0 Å². The normalized spacial score (nSPS) is 10.8. The van der Waals surface area contributed by atoms with Gasteiger partial charge in [-0.2, -0.15) is 0 Å². The van der Waals surface area contributed by atoms with Crippen molar-refractivity contribution >= 4 is 58.2 Å². The Labute approximate surface area is 242 Å². The largest absolute Gasteiger partial charge is 0.458 e. The standard InChI is InChI=1S/C30H26Cl2N4O4/c1-19-23(31)11-5-13-25(19)35-27-21(9-7-15-33-27)29(37)39-17-3-4-18-40-30(38)22-10-8-16-34-28(22)36-26-14-6-12-24(32)20(26)2/h3-16H,17-18H2,1-2H3,(H,33,35)(H,34,36)/b4-3+. The van der Waals surface area contributed by atoms with E-state index in [0.717, 1.165) is 22.5 Å². The quantitative estimate of drug-likeness (QED) is 0.148. The summed E-state index contributed by atoms with van der Waals surface area (Å²) in [5.41, 5.74) is 3.68. The number of hydrogen-bond acceptors (Lipinski definition) is 8. The number of hydrogen-bond donors (Lipinski definition) is 2. The lowest BCUT2D eigenvalue weighted by atomic mass is 10.2. The van der Waals surface area contributed by atoms with Crippen LogP contribution < -0.4 is 10.6 Å². The maximum absolute atomic E-state index is 12.7. The predicted octanol–water partition coefficient (Wildman–Crippen LogP) is 7.46. The van der Waals surface area contributed by atoms with E-state index in [9.17, 15) is 9.59 Å². The van der Waals surface area contributed by atoms with Gasteiger partial charge in [0.15, 0.2) is 0 Å². The highest BCUT2D eigenvalue weighted by Gasteiger charge is 2.16. The molecule has 10 heteroatoms. The van der Waals surface area contributed by atoms with E-state index in [0.29, 0.717) is 21.7 Å². The third-order valence-corrected chi connectivity index (χ3v) is 6.70. The number of pyridine rings is 2. The molecule has 2 aromatic carbocycles. The summed E-state index contributed by atoms with van der Waals surface area (Å²) in [6.07, 6.45) is 6.33. The predicted molar refractivity (Wildman–Crippen MR) is 157 cm³/mol. The van der Waals surface area contributed by atoms with E-state index in [2.05, 4.69) is 20.6 Å². The molecule has 0 amide bonds. The van der Waals surface area contributed by atoms with Crippen molar-refractivity contribution in [2.24, 2.45) is 0 Å². The van der Waals surface area contributed by atoms with Gasteiger partial charge in [-0.25, -0.2) is 19.6 Å². The van der Waals surface area contributed by atoms with Gasteiger partial charge in [0.1, 0.15) is 36.0 Å². The molecule has 0 atom stereocenters. The molecule has 0 aliphatic carbocycles. The monoisotopic (exact) mass is 576 g/mol. The van der Waals surface area contributed by atoms with E-state index < -0.39 is 11.9 Å². The van der Waals surface area contributed by atoms with E-state index in [1.807, 2.05) is 38.1 Å². The Morgan fingerprint density at radius 3 is 1.55 bits per heavy atom. The van der Waals surface area contributed by atoms with Crippen molar-refractivity contribution in [2.75, 3.05) is 23.8 Å². The molecule has 0 unspecified atom stereocenters. The second kappa shape index (κ2) is 13.6. The topological polar surface area (TPSA) is 102 Å². The van der Waals surface area contributed by atoms with Gasteiger partial charge in [-0.1, -0.05) is 35.3 Å². The van der Waals surface area contributed by atoms with Gasteiger partial charge in [0.2, 0.25) is 0 Å². The van der Waals surface area contributed by atoms with Crippen LogP contribution in [0.4, 0.5) is 23.0 Å². The average molecular weight is 577 g/mol. The second-order valence-electron chi connectivity index (χ2n) is 8.54. The summed E-state index contributed by atoms with van der Waals surface area (Å²) in [7, 11) is 0. The van der Waals surface area contributed by atoms with Gasteiger partial charge in [0.05, 0.1) is 0 Å². The van der Waals surface area contributed by atoms with E-state index in [4.69, 9.17) is 32.7 Å². The Kier molecular flexibility index (Phi) is 9.72. The Morgan fingerprint density at radius 1 is 0.700 bits per heavy atom. The third-order valence-electron chi connectivity index (χ3n) is 5.88. The highest BCUT2D eigenvalue weighted by molar-refractivity contribution is 6.32. The van der Waals surface area contributed by atoms with Gasteiger partial charge >= 0.3 is 11.9 Å². The molecule has 0 spiro atoms. The molecular weight excluding hydrogens is 551 g/mol. The van der Waals surface area contributed by atoms with Crippen molar-refractivity contribution in [1.29, 1.82) is 0 Å². The molecule has 4 rings (SSSR count). The molecule has 0 saturated carbocycles. The van der Waals surface area contributed by atoms with Crippen LogP contribution in [0.2, 0.25) is 10.0 Å². The molecule has 2 aromatic heterocycles. The van der Waals surface area contributed by atoms with Crippen molar-refractivity contribution < 1.29 is 19.1 Å². The lowest BCUT2D eigenvalue weighted by Crippen LogP contribution is -2.11. The molecule has 0 bridgehead atoms. The first-order chi connectivity index (χ1) is 19.3. The van der Waals surface area contributed by atoms with Crippen molar-refractivity contribution in [3.8, 4) is 0 Å². The highest BCUT2D eigenvalue weighted by Crippen LogP contribution is 2.28. The number of carbonyl (C=O) groups is 2. The van der Waals surface area contributed by atoms with Crippen LogP contribution in [0.5, 0.6) is 0 Å². The Bertz CT molecular complexity index is 1440. The molecule has 40 heavy (non-hydrogen) atoms. The first-order valence-electron chi connectivity index (χ1n) is 12.3. The average Bonchev–Trinajstić information content (AvgIpc) is 2.96. The van der Waals surface area contributed by atoms with Crippen LogP contribution in [0.25, 0.3) is 0 Å². The summed E-state index contributed by atoms with van der Waals surface area (Å²) in [5, 5.41) is 7.48. The minimum absolute atomic E-state index is 0.0192. The van der Waals surface area contributed by atoms with Gasteiger partial charge in [-0.15, -0.1) is 0 Å². The molecule has 0 saturated heterocycles. The van der Waals surface area contributed by atoms with Crippen LogP contribution in [0, 0.1) is 13.8 Å². The Morgan fingerprint density at radius 2 is 1.12 bits per heavy atom. The number of halogens is 2. The first-order valence-corrected chi connectivity index (χ1v) is 13.0. The molecule has 2 heterocycles. The lowest BCUT2D eigenvalue weighted by molar-refractivity contribution is 0.0528. The zero-order valence-electron chi connectivity index (χ0n) is 21.8. The third kappa shape index (κ3) is 7.16.